The third-order valence-corrected chi connectivity index (χ3v) is 4.07. The lowest BCUT2D eigenvalue weighted by Gasteiger charge is -2.23. The van der Waals surface area contributed by atoms with Crippen LogP contribution >= 0.6 is 0 Å². The molecular weight excluding hydrogens is 212 g/mol. The first-order valence-corrected chi connectivity index (χ1v) is 6.09. The third-order valence-electron chi connectivity index (χ3n) is 4.07. The number of aromatic amines is 1. The fourth-order valence-corrected chi connectivity index (χ4v) is 2.86. The van der Waals surface area contributed by atoms with Crippen molar-refractivity contribution in [1.29, 1.82) is 0 Å². The second-order valence-electron chi connectivity index (χ2n) is 5.03. The number of aromatic nitrogens is 1. The average Bonchev–Trinajstić information content (AvgIpc) is 2.99. The van der Waals surface area contributed by atoms with E-state index in [1.807, 2.05) is 12.3 Å². The minimum atomic E-state index is 0.118. The normalized spacial score (nSPS) is 19.2. The van der Waals surface area contributed by atoms with Gasteiger partial charge in [0.05, 0.1) is 7.11 Å². The molecule has 1 aromatic heterocycles. The monoisotopic (exact) mass is 230 g/mol. The maximum Gasteiger partial charge on any atom is 0.123 e. The first-order valence-electron chi connectivity index (χ1n) is 6.09. The number of benzene rings is 1. The van der Waals surface area contributed by atoms with Crippen molar-refractivity contribution >= 4 is 10.9 Å². The van der Waals surface area contributed by atoms with Gasteiger partial charge in [-0.3, -0.25) is 0 Å². The number of fused-ring (bicyclic) bond motifs is 1. The van der Waals surface area contributed by atoms with E-state index in [1.165, 1.54) is 10.9 Å². The van der Waals surface area contributed by atoms with Crippen LogP contribution in [0.15, 0.2) is 24.4 Å². The highest BCUT2D eigenvalue weighted by atomic mass is 16.5. The molecule has 0 spiro atoms. The summed E-state index contributed by atoms with van der Waals surface area (Å²) in [4.78, 5) is 3.25. The number of methoxy groups -OCH3 is 1. The predicted molar refractivity (Wildman–Crippen MR) is 69.4 cm³/mol. The Morgan fingerprint density at radius 3 is 2.71 bits per heavy atom. The first kappa shape index (κ1) is 10.7. The number of nitrogens with one attached hydrogen (secondary N) is 1. The molecule has 1 heterocycles. The smallest absolute Gasteiger partial charge is 0.123 e. The Labute approximate surface area is 101 Å². The number of rotatable bonds is 3. The van der Waals surface area contributed by atoms with Crippen molar-refractivity contribution in [3.8, 4) is 5.75 Å². The summed E-state index contributed by atoms with van der Waals surface area (Å²) in [5, 5.41) is 1.25. The zero-order valence-corrected chi connectivity index (χ0v) is 10.3. The summed E-state index contributed by atoms with van der Waals surface area (Å²) in [6.45, 7) is 2.10. The van der Waals surface area contributed by atoms with Gasteiger partial charge in [-0.15, -0.1) is 0 Å². The topological polar surface area (TPSA) is 51.0 Å². The standard InChI is InChI=1S/C14H18N2O/c1-9(15)14(6-7-14)13-10-5-8-16-11(10)3-4-12(13)17-2/h3-5,8-9,16H,6-7,15H2,1-2H3. The number of hydrogen-bond acceptors (Lipinski definition) is 2. The summed E-state index contributed by atoms with van der Waals surface area (Å²) in [7, 11) is 1.73. The van der Waals surface area contributed by atoms with E-state index in [-0.39, 0.29) is 11.5 Å². The molecule has 3 rings (SSSR count). The van der Waals surface area contributed by atoms with Gasteiger partial charge in [0.2, 0.25) is 0 Å². The molecule has 1 aliphatic rings. The SMILES string of the molecule is COc1ccc2[nH]ccc2c1C1(C(C)N)CC1. The molecule has 1 atom stereocenters. The lowest BCUT2D eigenvalue weighted by molar-refractivity contribution is 0.400. The van der Waals surface area contributed by atoms with Gasteiger partial charge >= 0.3 is 0 Å². The predicted octanol–water partition coefficient (Wildman–Crippen LogP) is 2.56. The van der Waals surface area contributed by atoms with E-state index in [4.69, 9.17) is 10.5 Å². The lowest BCUT2D eigenvalue weighted by Crippen LogP contribution is -2.32. The Kier molecular flexibility index (Phi) is 2.20. The van der Waals surface area contributed by atoms with Crippen molar-refractivity contribution in [2.24, 2.45) is 5.73 Å². The molecule has 1 aliphatic carbocycles. The molecule has 0 radical (unpaired) electrons. The Hall–Kier alpha value is -1.48. The van der Waals surface area contributed by atoms with Crippen molar-refractivity contribution in [2.75, 3.05) is 7.11 Å². The van der Waals surface area contributed by atoms with Gasteiger partial charge in [-0.25, -0.2) is 0 Å². The molecule has 17 heavy (non-hydrogen) atoms. The van der Waals surface area contributed by atoms with Crippen LogP contribution in [0.2, 0.25) is 0 Å². The second-order valence-corrected chi connectivity index (χ2v) is 5.03. The average molecular weight is 230 g/mol. The van der Waals surface area contributed by atoms with E-state index >= 15 is 0 Å². The number of hydrogen-bond donors (Lipinski definition) is 2. The van der Waals surface area contributed by atoms with Gasteiger partial charge in [0.15, 0.2) is 0 Å². The number of nitrogens with two attached hydrogens (primary N) is 1. The maximum atomic E-state index is 6.18. The van der Waals surface area contributed by atoms with Gasteiger partial charge in [0.25, 0.3) is 0 Å². The van der Waals surface area contributed by atoms with Crippen LogP contribution in [0, 0.1) is 0 Å². The van der Waals surface area contributed by atoms with Crippen molar-refractivity contribution in [3.05, 3.63) is 30.0 Å². The highest BCUT2D eigenvalue weighted by Gasteiger charge is 2.50. The molecule has 90 valence electrons. The minimum absolute atomic E-state index is 0.118. The van der Waals surface area contributed by atoms with Crippen LogP contribution in [0.3, 0.4) is 0 Å². The summed E-state index contributed by atoms with van der Waals surface area (Å²) >= 11 is 0. The molecule has 0 aliphatic heterocycles. The van der Waals surface area contributed by atoms with E-state index in [0.717, 1.165) is 24.1 Å². The number of ether oxygens (including phenoxy) is 1. The van der Waals surface area contributed by atoms with Crippen molar-refractivity contribution in [2.45, 2.75) is 31.2 Å². The Morgan fingerprint density at radius 1 is 1.35 bits per heavy atom. The fraction of sp³-hybridized carbons (Fsp3) is 0.429. The molecule has 0 amide bonds. The molecule has 1 saturated carbocycles. The second kappa shape index (κ2) is 3.50. The zero-order chi connectivity index (χ0) is 12.0. The third kappa shape index (κ3) is 1.39. The van der Waals surface area contributed by atoms with Gasteiger partial charge in [-0.05, 0) is 38.0 Å². The van der Waals surface area contributed by atoms with E-state index in [0.29, 0.717) is 0 Å². The summed E-state index contributed by atoms with van der Waals surface area (Å²) in [6, 6.07) is 6.39. The number of H-pyrrole nitrogens is 1. The zero-order valence-electron chi connectivity index (χ0n) is 10.3. The van der Waals surface area contributed by atoms with Crippen LogP contribution in [0.25, 0.3) is 10.9 Å². The quantitative estimate of drug-likeness (QED) is 0.851. The van der Waals surface area contributed by atoms with E-state index in [1.54, 1.807) is 7.11 Å². The summed E-state index contributed by atoms with van der Waals surface area (Å²) in [6.07, 6.45) is 4.29. The maximum absolute atomic E-state index is 6.18. The van der Waals surface area contributed by atoms with Crippen molar-refractivity contribution in [3.63, 3.8) is 0 Å². The largest absolute Gasteiger partial charge is 0.496 e. The first-order chi connectivity index (χ1) is 8.19. The molecule has 1 fully saturated rings. The molecule has 3 N–H and O–H groups in total. The van der Waals surface area contributed by atoms with Gasteiger partial charge in [-0.2, -0.15) is 0 Å². The summed E-state index contributed by atoms with van der Waals surface area (Å²) < 4.78 is 5.53. The summed E-state index contributed by atoms with van der Waals surface area (Å²) in [5.41, 5.74) is 8.75. The van der Waals surface area contributed by atoms with Gasteiger partial charge in [0, 0.05) is 34.1 Å². The van der Waals surface area contributed by atoms with Crippen LogP contribution in [0.5, 0.6) is 5.75 Å². The Morgan fingerprint density at radius 2 is 2.12 bits per heavy atom. The van der Waals surface area contributed by atoms with Crippen LogP contribution < -0.4 is 10.5 Å². The van der Waals surface area contributed by atoms with Crippen LogP contribution in [0.1, 0.15) is 25.3 Å². The van der Waals surface area contributed by atoms with Crippen molar-refractivity contribution in [1.82, 2.24) is 4.98 Å². The van der Waals surface area contributed by atoms with Crippen LogP contribution in [-0.2, 0) is 5.41 Å². The molecule has 1 unspecified atom stereocenters. The van der Waals surface area contributed by atoms with Crippen LogP contribution in [0.4, 0.5) is 0 Å². The molecule has 2 aromatic rings. The lowest BCUT2D eigenvalue weighted by atomic mass is 9.86. The summed E-state index contributed by atoms with van der Waals surface area (Å²) in [5.74, 6) is 0.965. The molecule has 3 nitrogen and oxygen atoms in total. The van der Waals surface area contributed by atoms with E-state index in [2.05, 4.69) is 24.0 Å². The van der Waals surface area contributed by atoms with Crippen LogP contribution in [-0.4, -0.2) is 18.1 Å². The minimum Gasteiger partial charge on any atom is -0.496 e. The molecule has 0 saturated heterocycles. The fourth-order valence-electron chi connectivity index (χ4n) is 2.86. The molecule has 0 bridgehead atoms. The van der Waals surface area contributed by atoms with E-state index < -0.39 is 0 Å². The Balaban J connectivity index is 2.29. The van der Waals surface area contributed by atoms with Crippen molar-refractivity contribution < 1.29 is 4.74 Å². The highest BCUT2D eigenvalue weighted by molar-refractivity contribution is 5.87. The highest BCUT2D eigenvalue weighted by Crippen LogP contribution is 2.55. The molecule has 3 heteroatoms. The molecule has 1 aromatic carbocycles. The van der Waals surface area contributed by atoms with Gasteiger partial charge in [0.1, 0.15) is 5.75 Å². The van der Waals surface area contributed by atoms with E-state index in [9.17, 15) is 0 Å². The van der Waals surface area contributed by atoms with Gasteiger partial charge < -0.3 is 15.5 Å². The molecular formula is C14H18N2O. The van der Waals surface area contributed by atoms with Gasteiger partial charge in [-0.1, -0.05) is 0 Å². The Bertz CT molecular complexity index is 552.